The Hall–Kier alpha value is -2.47. The molecule has 1 aromatic heterocycles. The number of rotatable bonds is 5. The first-order valence-corrected chi connectivity index (χ1v) is 9.90. The third-order valence-corrected chi connectivity index (χ3v) is 5.38. The molecule has 2 heterocycles. The molecule has 5 nitrogen and oxygen atoms in total. The maximum absolute atomic E-state index is 13.2. The van der Waals surface area contributed by atoms with E-state index >= 15 is 0 Å². The van der Waals surface area contributed by atoms with Crippen molar-refractivity contribution >= 4 is 11.7 Å². The Balaban J connectivity index is 1.83. The molecule has 1 saturated heterocycles. The summed E-state index contributed by atoms with van der Waals surface area (Å²) in [5.41, 5.74) is 1.73. The minimum absolute atomic E-state index is 0.114. The highest BCUT2D eigenvalue weighted by Gasteiger charge is 2.29. The van der Waals surface area contributed by atoms with Gasteiger partial charge in [-0.2, -0.15) is 0 Å². The van der Waals surface area contributed by atoms with Gasteiger partial charge in [-0.05, 0) is 42.2 Å². The smallest absolute Gasteiger partial charge is 0.254 e. The van der Waals surface area contributed by atoms with Crippen LogP contribution in [0.3, 0.4) is 0 Å². The summed E-state index contributed by atoms with van der Waals surface area (Å²) in [5, 5.41) is 2.71. The van der Waals surface area contributed by atoms with Gasteiger partial charge >= 0.3 is 0 Å². The molecule has 0 bridgehead atoms. The minimum Gasteiger partial charge on any atom is -0.355 e. The number of aromatic nitrogens is 1. The zero-order chi connectivity index (χ0) is 20.1. The van der Waals surface area contributed by atoms with Gasteiger partial charge in [0.05, 0.1) is 5.56 Å². The maximum atomic E-state index is 13.2. The van der Waals surface area contributed by atoms with E-state index in [9.17, 15) is 9.18 Å². The van der Waals surface area contributed by atoms with Crippen LogP contribution in [0.4, 0.5) is 10.2 Å². The van der Waals surface area contributed by atoms with E-state index in [-0.39, 0.29) is 11.7 Å². The van der Waals surface area contributed by atoms with Crippen molar-refractivity contribution in [1.82, 2.24) is 15.2 Å². The van der Waals surface area contributed by atoms with Crippen molar-refractivity contribution < 1.29 is 9.18 Å². The summed E-state index contributed by atoms with van der Waals surface area (Å²) in [6.45, 7) is 7.86. The van der Waals surface area contributed by atoms with Gasteiger partial charge in [0.25, 0.3) is 5.91 Å². The number of halogens is 1. The summed E-state index contributed by atoms with van der Waals surface area (Å²) in [6.07, 6.45) is 2.72. The molecule has 1 aliphatic rings. The fourth-order valence-electron chi connectivity index (χ4n) is 3.87. The fraction of sp³-hybridized carbons (Fsp3) is 0.455. The predicted octanol–water partition coefficient (Wildman–Crippen LogP) is 3.32. The van der Waals surface area contributed by atoms with Gasteiger partial charge in [-0.25, -0.2) is 9.37 Å². The van der Waals surface area contributed by atoms with E-state index in [2.05, 4.69) is 33.9 Å². The van der Waals surface area contributed by atoms with E-state index in [1.807, 2.05) is 18.2 Å². The van der Waals surface area contributed by atoms with Gasteiger partial charge < -0.3 is 10.2 Å². The predicted molar refractivity (Wildman–Crippen MR) is 110 cm³/mol. The molecule has 1 aromatic carbocycles. The first-order valence-electron chi connectivity index (χ1n) is 9.90. The lowest BCUT2D eigenvalue weighted by molar-refractivity contribution is 0.0963. The zero-order valence-corrected chi connectivity index (χ0v) is 16.9. The summed E-state index contributed by atoms with van der Waals surface area (Å²) in [6, 6.07) is 10.7. The molecule has 6 heteroatoms. The maximum Gasteiger partial charge on any atom is 0.254 e. The van der Waals surface area contributed by atoms with Crippen LogP contribution in [0, 0.1) is 11.7 Å². The summed E-state index contributed by atoms with van der Waals surface area (Å²) in [4.78, 5) is 21.5. The second-order valence-corrected chi connectivity index (χ2v) is 7.66. The number of anilines is 1. The van der Waals surface area contributed by atoms with Gasteiger partial charge in [0.2, 0.25) is 0 Å². The molecule has 0 unspecified atom stereocenters. The van der Waals surface area contributed by atoms with Crippen molar-refractivity contribution in [2.75, 3.05) is 31.6 Å². The summed E-state index contributed by atoms with van der Waals surface area (Å²) in [5.74, 6) is 0.865. The molecule has 0 radical (unpaired) electrons. The van der Waals surface area contributed by atoms with Gasteiger partial charge in [-0.1, -0.05) is 26.0 Å². The normalized spacial score (nSPS) is 18.2. The van der Waals surface area contributed by atoms with Crippen LogP contribution >= 0.6 is 0 Å². The van der Waals surface area contributed by atoms with Crippen LogP contribution in [-0.4, -0.2) is 48.5 Å². The van der Waals surface area contributed by atoms with Crippen molar-refractivity contribution in [1.29, 1.82) is 0 Å². The summed E-state index contributed by atoms with van der Waals surface area (Å²) in [7, 11) is 1.64. The van der Waals surface area contributed by atoms with E-state index in [1.165, 1.54) is 12.1 Å². The molecule has 3 rings (SSSR count). The highest BCUT2D eigenvalue weighted by Crippen LogP contribution is 2.25. The van der Waals surface area contributed by atoms with Gasteiger partial charge in [0.1, 0.15) is 11.6 Å². The van der Waals surface area contributed by atoms with Crippen LogP contribution in [-0.2, 0) is 6.54 Å². The van der Waals surface area contributed by atoms with E-state index in [4.69, 9.17) is 0 Å². The summed E-state index contributed by atoms with van der Waals surface area (Å²) >= 11 is 0. The van der Waals surface area contributed by atoms with Gasteiger partial charge in [0.15, 0.2) is 0 Å². The molecule has 0 spiro atoms. The lowest BCUT2D eigenvalue weighted by Gasteiger charge is -2.35. The van der Waals surface area contributed by atoms with Crippen LogP contribution in [0.15, 0.2) is 42.6 Å². The lowest BCUT2D eigenvalue weighted by Crippen LogP contribution is -2.44. The highest BCUT2D eigenvalue weighted by atomic mass is 19.1. The molecule has 1 amide bonds. The number of benzene rings is 1. The lowest BCUT2D eigenvalue weighted by atomic mass is 10.0. The molecule has 0 saturated carbocycles. The van der Waals surface area contributed by atoms with Crippen LogP contribution in [0.1, 0.15) is 36.2 Å². The monoisotopic (exact) mass is 384 g/mol. The Labute approximate surface area is 166 Å². The summed E-state index contributed by atoms with van der Waals surface area (Å²) < 4.78 is 13.2. The van der Waals surface area contributed by atoms with Crippen molar-refractivity contribution in [3.05, 3.63) is 59.5 Å². The largest absolute Gasteiger partial charge is 0.355 e. The number of carbonyl (C=O) groups is 1. The topological polar surface area (TPSA) is 48.5 Å². The van der Waals surface area contributed by atoms with Crippen LogP contribution < -0.4 is 10.2 Å². The van der Waals surface area contributed by atoms with Crippen LogP contribution in [0.2, 0.25) is 0 Å². The Bertz CT molecular complexity index is 793. The van der Waals surface area contributed by atoms with Gasteiger partial charge in [0, 0.05) is 45.5 Å². The van der Waals surface area contributed by atoms with Crippen molar-refractivity contribution in [3.8, 4) is 0 Å². The van der Waals surface area contributed by atoms with Gasteiger partial charge in [-0.3, -0.25) is 9.69 Å². The molecule has 1 fully saturated rings. The van der Waals surface area contributed by atoms with Crippen LogP contribution in [0.25, 0.3) is 0 Å². The Morgan fingerprint density at radius 3 is 2.68 bits per heavy atom. The average molecular weight is 384 g/mol. The number of amides is 1. The van der Waals surface area contributed by atoms with E-state index in [0.29, 0.717) is 17.5 Å². The third kappa shape index (κ3) is 4.68. The highest BCUT2D eigenvalue weighted by molar-refractivity contribution is 5.98. The molecule has 1 aliphatic heterocycles. The van der Waals surface area contributed by atoms with Gasteiger partial charge in [-0.15, -0.1) is 0 Å². The molecule has 0 aliphatic carbocycles. The zero-order valence-electron chi connectivity index (χ0n) is 16.9. The fourth-order valence-corrected chi connectivity index (χ4v) is 3.87. The molecule has 28 heavy (non-hydrogen) atoms. The number of nitrogens with zero attached hydrogens (tertiary/aromatic N) is 3. The average Bonchev–Trinajstić information content (AvgIpc) is 2.92. The first-order chi connectivity index (χ1) is 13.5. The molecule has 150 valence electrons. The second-order valence-electron chi connectivity index (χ2n) is 7.66. The van der Waals surface area contributed by atoms with Crippen molar-refractivity contribution in [2.24, 2.45) is 5.92 Å². The molecular weight excluding hydrogens is 355 g/mol. The molecular formula is C22H29FN4O. The standard InChI is InChI=1S/C22H29FN4O/c1-16(2)20-15-27(21-19(22(28)24-3)6-4-11-25-21)13-5-12-26(20)14-17-7-9-18(23)10-8-17/h4,6-11,16,20H,5,12-15H2,1-3H3,(H,24,28)/t20-/m1/s1. The molecule has 1 atom stereocenters. The number of hydrogen-bond acceptors (Lipinski definition) is 4. The van der Waals surface area contributed by atoms with E-state index < -0.39 is 0 Å². The Kier molecular flexibility index (Phi) is 6.62. The van der Waals surface area contributed by atoms with Crippen molar-refractivity contribution in [3.63, 3.8) is 0 Å². The quantitative estimate of drug-likeness (QED) is 0.859. The van der Waals surface area contributed by atoms with E-state index in [0.717, 1.165) is 44.0 Å². The third-order valence-electron chi connectivity index (χ3n) is 5.38. The second kappa shape index (κ2) is 9.15. The molecule has 2 aromatic rings. The number of carbonyl (C=O) groups excluding carboxylic acids is 1. The minimum atomic E-state index is -0.205. The SMILES string of the molecule is CNC(=O)c1cccnc1N1CCCN(Cc2ccc(F)cc2)[C@@H](C(C)C)C1. The van der Waals surface area contributed by atoms with Crippen LogP contribution in [0.5, 0.6) is 0 Å². The molecule has 1 N–H and O–H groups in total. The Morgan fingerprint density at radius 2 is 2.00 bits per heavy atom. The number of hydrogen-bond donors (Lipinski definition) is 1. The Morgan fingerprint density at radius 1 is 1.25 bits per heavy atom. The number of nitrogens with one attached hydrogen (secondary N) is 1. The first kappa shape index (κ1) is 20.3. The van der Waals surface area contributed by atoms with Crippen molar-refractivity contribution in [2.45, 2.75) is 32.9 Å². The number of pyridine rings is 1. The van der Waals surface area contributed by atoms with E-state index in [1.54, 1.807) is 19.3 Å².